The molecule has 0 bridgehead atoms. The molecule has 74 heavy (non-hydrogen) atoms. The molecule has 0 saturated heterocycles. The second-order valence-corrected chi connectivity index (χ2v) is 25.5. The van der Waals surface area contributed by atoms with Crippen molar-refractivity contribution in [1.29, 1.82) is 0 Å². The highest BCUT2D eigenvalue weighted by atomic mass is 32.2. The van der Waals surface area contributed by atoms with Gasteiger partial charge in [0.05, 0.1) is 12.3 Å². The van der Waals surface area contributed by atoms with Gasteiger partial charge in [0.2, 0.25) is 0 Å². The van der Waals surface area contributed by atoms with Gasteiger partial charge in [-0.3, -0.25) is 4.55 Å². The van der Waals surface area contributed by atoms with Crippen LogP contribution < -0.4 is 0 Å². The molecule has 0 aliphatic heterocycles. The zero-order chi connectivity index (χ0) is 53.7. The van der Waals surface area contributed by atoms with Crippen molar-refractivity contribution in [2.24, 2.45) is 0 Å². The Bertz CT molecular complexity index is 1140. The highest BCUT2D eigenvalue weighted by molar-refractivity contribution is 7.85. The maximum atomic E-state index is 11.9. The Morgan fingerprint density at radius 3 is 0.581 bits per heavy atom. The maximum Gasteiger partial charge on any atom is 0.265 e. The minimum absolute atomic E-state index is 0.180. The van der Waals surface area contributed by atoms with Gasteiger partial charge in [0.15, 0.2) is 0 Å². The Labute approximate surface area is 467 Å². The zero-order valence-electron chi connectivity index (χ0n) is 51.0. The first kappa shape index (κ1) is 73.1. The van der Waals surface area contributed by atoms with Crippen LogP contribution >= 0.6 is 0 Å². The molecule has 0 aromatic rings. The van der Waals surface area contributed by atoms with Gasteiger partial charge in [-0.1, -0.05) is 348 Å². The summed E-state index contributed by atoms with van der Waals surface area (Å²) < 4.78 is 33.9. The van der Waals surface area contributed by atoms with Gasteiger partial charge in [-0.25, -0.2) is 4.48 Å². The molecule has 0 unspecified atom stereocenters. The molecule has 0 aromatic carbocycles. The molecule has 0 aliphatic rings. The second kappa shape index (κ2) is 61.3. The first-order chi connectivity index (χ1) is 36.4. The molecule has 5 heteroatoms. The third-order valence-electron chi connectivity index (χ3n) is 16.3. The Hall–Kier alpha value is -0.910. The molecule has 0 fully saturated rings. The molecule has 0 atom stereocenters. The Kier molecular flexibility index (Phi) is 60.6. The molecular formula is C69H136NO3S+. The number of quaternary nitrogens is 1. The number of hydrogen-bond donors (Lipinski definition) is 1. The fourth-order valence-electron chi connectivity index (χ4n) is 11.2. The summed E-state index contributed by atoms with van der Waals surface area (Å²) in [7, 11) is -3.99. The number of unbranched alkanes of at least 4 members (excludes halogenated alkanes) is 54. The van der Waals surface area contributed by atoms with E-state index in [-0.39, 0.29) is 5.75 Å². The van der Waals surface area contributed by atoms with E-state index in [2.05, 4.69) is 57.6 Å². The van der Waals surface area contributed by atoms with Gasteiger partial charge in [0.1, 0.15) is 18.6 Å². The summed E-state index contributed by atoms with van der Waals surface area (Å²) in [5, 5.41) is 0. The van der Waals surface area contributed by atoms with Crippen molar-refractivity contribution in [3.63, 3.8) is 0 Å². The first-order valence-electron chi connectivity index (χ1n) is 34.2. The van der Waals surface area contributed by atoms with E-state index in [1.54, 1.807) is 0 Å². The zero-order valence-corrected chi connectivity index (χ0v) is 51.8. The fraction of sp³-hybridized carbons (Fsp3) is 0.913. The van der Waals surface area contributed by atoms with Crippen LogP contribution in [0.4, 0.5) is 0 Å². The second-order valence-electron chi connectivity index (χ2n) is 23.9. The summed E-state index contributed by atoms with van der Waals surface area (Å²) in [6.07, 6.45) is 93.1. The molecular weight excluding hydrogens is 923 g/mol. The van der Waals surface area contributed by atoms with Crippen LogP contribution in [0.1, 0.15) is 393 Å². The molecule has 0 aromatic heterocycles. The molecule has 0 radical (unpaired) electrons. The smallest absolute Gasteiger partial charge is 0.265 e. The summed E-state index contributed by atoms with van der Waals surface area (Å²) in [5.74, 6) is -0.180. The van der Waals surface area contributed by atoms with E-state index in [1.807, 2.05) is 0 Å². The SMILES string of the molecule is CCCCCCCCCCCCCCCCCCCC/C=C/[N+](/C=C/CCCCCCCCCCCCCCCCCCCC)(/C=C/CCCCCCCCCCCCCCCCCCCC)CCCS(=O)(=O)O. The monoisotopic (exact) mass is 1060 g/mol. The highest BCUT2D eigenvalue weighted by Gasteiger charge is 2.20. The molecule has 0 saturated carbocycles. The molecule has 0 spiro atoms. The molecule has 0 rings (SSSR count). The third-order valence-corrected chi connectivity index (χ3v) is 17.1. The largest absolute Gasteiger partial charge is 0.286 e. The Balaban J connectivity index is 4.80. The maximum absolute atomic E-state index is 11.9. The summed E-state index contributed by atoms with van der Waals surface area (Å²) >= 11 is 0. The van der Waals surface area contributed by atoms with E-state index in [4.69, 9.17) is 0 Å². The average Bonchev–Trinajstić information content (AvgIpc) is 3.38. The number of nitrogens with zero attached hydrogens (tertiary/aromatic N) is 1. The van der Waals surface area contributed by atoms with Crippen LogP contribution in [0.2, 0.25) is 0 Å². The van der Waals surface area contributed by atoms with Crippen molar-refractivity contribution in [3.8, 4) is 0 Å². The van der Waals surface area contributed by atoms with Crippen LogP contribution in [-0.4, -0.2) is 29.8 Å². The topological polar surface area (TPSA) is 54.4 Å². The van der Waals surface area contributed by atoms with Crippen molar-refractivity contribution in [2.45, 2.75) is 393 Å². The van der Waals surface area contributed by atoms with Gasteiger partial charge in [-0.2, -0.15) is 8.42 Å². The standard InChI is InChI=1S/C69H135NO3S/c1-4-7-10-13-16-19-22-25-28-31-34-37-40-43-46-49-52-55-58-61-65-70(68-64-69-74(71,72)73,66-62-59-56-53-50-47-44-41-38-35-32-29-26-23-20-17-14-11-8-5-2)67-63-60-57-54-51-48-45-42-39-36-33-30-27-24-21-18-15-12-9-6-3/h61-63,65-67H,4-60,64,68-69H2,1-3H3/p+1/b65-61+,66-62+,67-63+. The minimum atomic E-state index is -3.99. The number of allylic oxidation sites excluding steroid dienone is 3. The normalized spacial score (nSPS) is 12.5. The molecule has 1 N–H and O–H groups in total. The fourth-order valence-corrected chi connectivity index (χ4v) is 11.7. The molecule has 440 valence electrons. The van der Waals surface area contributed by atoms with E-state index in [0.29, 0.717) is 17.4 Å². The predicted molar refractivity (Wildman–Crippen MR) is 334 cm³/mol. The third kappa shape index (κ3) is 60.3. The lowest BCUT2D eigenvalue weighted by Gasteiger charge is -2.27. The Morgan fingerprint density at radius 2 is 0.419 bits per heavy atom. The lowest BCUT2D eigenvalue weighted by molar-refractivity contribution is -0.773. The number of rotatable bonds is 64. The van der Waals surface area contributed by atoms with E-state index < -0.39 is 10.1 Å². The lowest BCUT2D eigenvalue weighted by Crippen LogP contribution is -2.33. The van der Waals surface area contributed by atoms with E-state index in [9.17, 15) is 13.0 Å². The first-order valence-corrected chi connectivity index (χ1v) is 35.9. The van der Waals surface area contributed by atoms with Crippen LogP contribution in [0.25, 0.3) is 0 Å². The van der Waals surface area contributed by atoms with Crippen LogP contribution in [0.5, 0.6) is 0 Å². The van der Waals surface area contributed by atoms with Crippen molar-refractivity contribution < 1.29 is 17.5 Å². The lowest BCUT2D eigenvalue weighted by atomic mass is 10.0. The molecule has 4 nitrogen and oxygen atoms in total. The summed E-state index contributed by atoms with van der Waals surface area (Å²) in [6.45, 7) is 7.56. The number of hydrogen-bond acceptors (Lipinski definition) is 2. The van der Waals surface area contributed by atoms with E-state index in [1.165, 1.54) is 347 Å². The van der Waals surface area contributed by atoms with Crippen molar-refractivity contribution >= 4 is 10.1 Å². The van der Waals surface area contributed by atoms with E-state index in [0.717, 1.165) is 19.3 Å². The van der Waals surface area contributed by atoms with Crippen LogP contribution in [0.15, 0.2) is 36.8 Å². The van der Waals surface area contributed by atoms with E-state index >= 15 is 0 Å². The quantitative estimate of drug-likeness (QED) is 0.0375. The van der Waals surface area contributed by atoms with Crippen LogP contribution in [0, 0.1) is 0 Å². The highest BCUT2D eigenvalue weighted by Crippen LogP contribution is 2.21. The van der Waals surface area contributed by atoms with Gasteiger partial charge in [-0.05, 0) is 56.8 Å². The molecule has 0 aliphatic carbocycles. The molecule has 0 heterocycles. The van der Waals surface area contributed by atoms with Gasteiger partial charge < -0.3 is 0 Å². The van der Waals surface area contributed by atoms with Crippen molar-refractivity contribution in [2.75, 3.05) is 12.3 Å². The predicted octanol–water partition coefficient (Wildman–Crippen LogP) is 24.9. The van der Waals surface area contributed by atoms with Crippen molar-refractivity contribution in [1.82, 2.24) is 0 Å². The molecule has 0 amide bonds. The van der Waals surface area contributed by atoms with Crippen molar-refractivity contribution in [3.05, 3.63) is 36.8 Å². The van der Waals surface area contributed by atoms with Crippen LogP contribution in [0.3, 0.4) is 0 Å². The Morgan fingerprint density at radius 1 is 0.257 bits per heavy atom. The van der Waals surface area contributed by atoms with Crippen LogP contribution in [-0.2, 0) is 10.1 Å². The summed E-state index contributed by atoms with van der Waals surface area (Å²) in [5.41, 5.74) is 0. The summed E-state index contributed by atoms with van der Waals surface area (Å²) in [4.78, 5) is 0. The summed E-state index contributed by atoms with van der Waals surface area (Å²) in [6, 6.07) is 0. The average molecular weight is 1060 g/mol. The minimum Gasteiger partial charge on any atom is -0.286 e. The van der Waals surface area contributed by atoms with Gasteiger partial charge in [0.25, 0.3) is 10.1 Å². The van der Waals surface area contributed by atoms with Gasteiger partial charge >= 0.3 is 0 Å². The van der Waals surface area contributed by atoms with Gasteiger partial charge in [0, 0.05) is 6.42 Å². The van der Waals surface area contributed by atoms with Gasteiger partial charge in [-0.15, -0.1) is 0 Å².